The van der Waals surface area contributed by atoms with Crippen LogP contribution in [-0.4, -0.2) is 21.7 Å². The summed E-state index contributed by atoms with van der Waals surface area (Å²) in [5.74, 6) is 0. The average molecular weight is 266 g/mol. The molecule has 5 nitrogen and oxygen atoms in total. The zero-order chi connectivity index (χ0) is 13.5. The van der Waals surface area contributed by atoms with Gasteiger partial charge in [0.25, 0.3) is 5.56 Å². The van der Waals surface area contributed by atoms with Crippen LogP contribution < -0.4 is 10.5 Å². The predicted octanol–water partition coefficient (Wildman–Crippen LogP) is 1.81. The Morgan fingerprint density at radius 2 is 2.05 bits per heavy atom. The van der Waals surface area contributed by atoms with E-state index in [4.69, 9.17) is 0 Å². The fourth-order valence-corrected chi connectivity index (χ4v) is 2.90. The number of anilines is 1. The third-order valence-corrected chi connectivity index (χ3v) is 3.83. The largest absolute Gasteiger partial charge is 0.366 e. The minimum Gasteiger partial charge on any atom is -0.366 e. The van der Waals surface area contributed by atoms with E-state index in [9.17, 15) is 4.79 Å². The molecule has 2 N–H and O–H groups in total. The number of nitrogens with zero attached hydrogens (tertiary/aromatic N) is 2. The highest BCUT2D eigenvalue weighted by Crippen LogP contribution is 2.33. The summed E-state index contributed by atoms with van der Waals surface area (Å²) in [5.41, 5.74) is 3.97. The summed E-state index contributed by atoms with van der Waals surface area (Å²) in [6.45, 7) is 1.74. The lowest BCUT2D eigenvalue weighted by Gasteiger charge is -2.19. The highest BCUT2D eigenvalue weighted by atomic mass is 16.1. The summed E-state index contributed by atoms with van der Waals surface area (Å²) in [6.07, 6.45) is 2.81. The van der Waals surface area contributed by atoms with Crippen molar-refractivity contribution in [3.63, 3.8) is 0 Å². The van der Waals surface area contributed by atoms with Crippen molar-refractivity contribution in [3.05, 3.63) is 58.0 Å². The maximum atomic E-state index is 12.0. The molecule has 0 spiro atoms. The third-order valence-electron chi connectivity index (χ3n) is 3.83. The zero-order valence-corrected chi connectivity index (χ0v) is 10.9. The molecule has 1 aliphatic rings. The van der Waals surface area contributed by atoms with Gasteiger partial charge in [0.2, 0.25) is 0 Å². The summed E-state index contributed by atoms with van der Waals surface area (Å²) >= 11 is 0. The molecule has 0 bridgehead atoms. The van der Waals surface area contributed by atoms with Gasteiger partial charge in [-0.1, -0.05) is 30.3 Å². The fourth-order valence-electron chi connectivity index (χ4n) is 2.90. The monoisotopic (exact) mass is 266 g/mol. The second-order valence-electron chi connectivity index (χ2n) is 5.09. The van der Waals surface area contributed by atoms with E-state index in [2.05, 4.69) is 32.2 Å². The number of aromatic amines is 2. The molecule has 1 aromatic carbocycles. The molecule has 0 radical (unpaired) electrons. The van der Waals surface area contributed by atoms with E-state index < -0.39 is 0 Å². The van der Waals surface area contributed by atoms with Gasteiger partial charge in [0, 0.05) is 19.3 Å². The first-order chi connectivity index (χ1) is 9.83. The van der Waals surface area contributed by atoms with Crippen LogP contribution in [0.1, 0.15) is 11.1 Å². The first-order valence-corrected chi connectivity index (χ1v) is 6.70. The van der Waals surface area contributed by atoms with E-state index in [0.717, 1.165) is 30.8 Å². The van der Waals surface area contributed by atoms with Crippen molar-refractivity contribution in [2.24, 2.45) is 0 Å². The Morgan fingerprint density at radius 3 is 2.90 bits per heavy atom. The van der Waals surface area contributed by atoms with Crippen LogP contribution in [0, 0.1) is 0 Å². The molecule has 0 aliphatic carbocycles. The first-order valence-electron chi connectivity index (χ1n) is 6.70. The molecule has 3 aromatic rings. The van der Waals surface area contributed by atoms with Crippen molar-refractivity contribution in [2.75, 3.05) is 11.4 Å². The van der Waals surface area contributed by atoms with Crippen molar-refractivity contribution in [3.8, 4) is 0 Å². The van der Waals surface area contributed by atoms with Gasteiger partial charge >= 0.3 is 0 Å². The van der Waals surface area contributed by atoms with Crippen molar-refractivity contribution in [1.29, 1.82) is 0 Å². The molecule has 3 heterocycles. The molecule has 0 saturated heterocycles. The van der Waals surface area contributed by atoms with Gasteiger partial charge in [0.15, 0.2) is 5.65 Å². The van der Waals surface area contributed by atoms with Crippen LogP contribution in [0.25, 0.3) is 11.0 Å². The Balaban J connectivity index is 1.83. The van der Waals surface area contributed by atoms with Crippen LogP contribution in [-0.2, 0) is 13.0 Å². The van der Waals surface area contributed by atoms with E-state index >= 15 is 0 Å². The minimum absolute atomic E-state index is 0.0932. The first kappa shape index (κ1) is 11.3. The summed E-state index contributed by atoms with van der Waals surface area (Å²) in [7, 11) is 0. The Labute approximate surface area is 115 Å². The van der Waals surface area contributed by atoms with Gasteiger partial charge < -0.3 is 4.90 Å². The van der Waals surface area contributed by atoms with E-state index in [1.165, 1.54) is 5.56 Å². The molecule has 0 amide bonds. The quantitative estimate of drug-likeness (QED) is 0.743. The average Bonchev–Trinajstić information content (AvgIpc) is 3.04. The summed E-state index contributed by atoms with van der Waals surface area (Å²) in [4.78, 5) is 18.5. The van der Waals surface area contributed by atoms with E-state index in [1.54, 1.807) is 0 Å². The standard InChI is InChI=1S/C15H14N4O/c20-15-12-13-11(8-16-14(12)17-18-15)6-7-19(13)9-10-4-2-1-3-5-10/h1-5,8H,6-7,9H2,(H2,16,17,18,20). The highest BCUT2D eigenvalue weighted by Gasteiger charge is 2.24. The Morgan fingerprint density at radius 1 is 1.20 bits per heavy atom. The Bertz CT molecular complexity index is 819. The molecule has 20 heavy (non-hydrogen) atoms. The maximum Gasteiger partial charge on any atom is 0.275 e. The molecule has 0 saturated carbocycles. The van der Waals surface area contributed by atoms with Crippen LogP contribution >= 0.6 is 0 Å². The second-order valence-corrected chi connectivity index (χ2v) is 5.09. The molecular formula is C15H14N4O. The van der Waals surface area contributed by atoms with Crippen LogP contribution in [0.4, 0.5) is 5.69 Å². The van der Waals surface area contributed by atoms with Crippen molar-refractivity contribution in [2.45, 2.75) is 13.0 Å². The van der Waals surface area contributed by atoms with Gasteiger partial charge in [-0.15, -0.1) is 0 Å². The van der Waals surface area contributed by atoms with E-state index in [-0.39, 0.29) is 5.56 Å². The molecule has 0 fully saturated rings. The highest BCUT2D eigenvalue weighted by molar-refractivity contribution is 5.91. The van der Waals surface area contributed by atoms with Gasteiger partial charge in [0.1, 0.15) is 5.39 Å². The number of hydrogen-bond acceptors (Lipinski definition) is 3. The van der Waals surface area contributed by atoms with Gasteiger partial charge in [0.05, 0.1) is 5.69 Å². The Kier molecular flexibility index (Phi) is 2.39. The lowest BCUT2D eigenvalue weighted by molar-refractivity contribution is 0.838. The molecule has 4 rings (SSSR count). The van der Waals surface area contributed by atoms with E-state index in [0.29, 0.717) is 11.0 Å². The van der Waals surface area contributed by atoms with Gasteiger partial charge in [-0.05, 0) is 17.5 Å². The normalized spacial score (nSPS) is 13.9. The predicted molar refractivity (Wildman–Crippen MR) is 77.9 cm³/mol. The number of fused-ring (bicyclic) bond motifs is 3. The molecule has 100 valence electrons. The number of benzene rings is 1. The van der Waals surface area contributed by atoms with Crippen LogP contribution in [0.5, 0.6) is 0 Å². The number of rotatable bonds is 2. The van der Waals surface area contributed by atoms with Crippen molar-refractivity contribution >= 4 is 16.7 Å². The summed E-state index contributed by atoms with van der Waals surface area (Å²) in [6, 6.07) is 10.3. The van der Waals surface area contributed by atoms with Gasteiger partial charge in [-0.3, -0.25) is 15.0 Å². The maximum absolute atomic E-state index is 12.0. The van der Waals surface area contributed by atoms with Crippen molar-refractivity contribution < 1.29 is 0 Å². The van der Waals surface area contributed by atoms with Gasteiger partial charge in [-0.25, -0.2) is 4.98 Å². The third kappa shape index (κ3) is 1.63. The smallest absolute Gasteiger partial charge is 0.275 e. The van der Waals surface area contributed by atoms with E-state index in [1.807, 2.05) is 24.4 Å². The number of H-pyrrole nitrogens is 2. The number of nitrogens with one attached hydrogen (secondary N) is 2. The molecule has 1 aliphatic heterocycles. The SMILES string of the molecule is O=c1[nH][nH]c2ncc3c(c12)N(Cc1ccccc1)CC3. The molecule has 5 heteroatoms. The Hall–Kier alpha value is -2.56. The molecule has 0 atom stereocenters. The van der Waals surface area contributed by atoms with Crippen molar-refractivity contribution in [1.82, 2.24) is 15.2 Å². The fraction of sp³-hybridized carbons (Fsp3) is 0.200. The lowest BCUT2D eigenvalue weighted by atomic mass is 10.1. The second kappa shape index (κ2) is 4.23. The number of hydrogen-bond donors (Lipinski definition) is 2. The summed E-state index contributed by atoms with van der Waals surface area (Å²) < 4.78 is 0. The molecular weight excluding hydrogens is 252 g/mol. The molecule has 2 aromatic heterocycles. The molecule has 0 unspecified atom stereocenters. The van der Waals surface area contributed by atoms with Gasteiger partial charge in [-0.2, -0.15) is 0 Å². The van der Waals surface area contributed by atoms with Crippen LogP contribution in [0.15, 0.2) is 41.3 Å². The summed E-state index contributed by atoms with van der Waals surface area (Å²) in [5, 5.41) is 6.12. The number of pyridine rings is 1. The number of aromatic nitrogens is 3. The lowest BCUT2D eigenvalue weighted by Crippen LogP contribution is -2.20. The zero-order valence-electron chi connectivity index (χ0n) is 10.9. The minimum atomic E-state index is -0.0932. The topological polar surface area (TPSA) is 64.8 Å². The van der Waals surface area contributed by atoms with Crippen LogP contribution in [0.2, 0.25) is 0 Å². The van der Waals surface area contributed by atoms with Crippen LogP contribution in [0.3, 0.4) is 0 Å².